The van der Waals surface area contributed by atoms with E-state index in [1.807, 2.05) is 18.2 Å². The smallest absolute Gasteiger partial charge is 0.335 e. The van der Waals surface area contributed by atoms with Crippen molar-refractivity contribution < 1.29 is 23.1 Å². The fourth-order valence-corrected chi connectivity index (χ4v) is 7.23. The SMILES string of the molecule is CCC(c1ccc(-c2ccc(Oc3ccc(C(=O)O)cc3NS(=O)(=O)Cc3ccccc3)cc2)cc1)c1ncc(-c2ccc(Cl)cc2Cl)[nH]1. The van der Waals surface area contributed by atoms with Gasteiger partial charge in [0.2, 0.25) is 10.0 Å². The molecule has 248 valence electrons. The maximum Gasteiger partial charge on any atom is 0.335 e. The number of nitrogens with zero attached hydrogens (tertiary/aromatic N) is 1. The summed E-state index contributed by atoms with van der Waals surface area (Å²) in [5.74, 6) is 0.0498. The third kappa shape index (κ3) is 8.14. The number of aromatic carboxylic acids is 1. The van der Waals surface area contributed by atoms with Crippen molar-refractivity contribution in [2.24, 2.45) is 0 Å². The molecule has 5 aromatic carbocycles. The van der Waals surface area contributed by atoms with Crippen LogP contribution in [0.15, 0.2) is 121 Å². The lowest BCUT2D eigenvalue weighted by molar-refractivity contribution is 0.0697. The highest BCUT2D eigenvalue weighted by Gasteiger charge is 2.19. The maximum absolute atomic E-state index is 13.0. The number of H-pyrrole nitrogens is 1. The highest BCUT2D eigenvalue weighted by atomic mass is 35.5. The molecule has 0 bridgehead atoms. The molecule has 49 heavy (non-hydrogen) atoms. The highest BCUT2D eigenvalue weighted by molar-refractivity contribution is 7.91. The minimum Gasteiger partial charge on any atom is -0.478 e. The zero-order valence-corrected chi connectivity index (χ0v) is 28.6. The van der Waals surface area contributed by atoms with Crippen LogP contribution in [0.2, 0.25) is 10.0 Å². The Kier molecular flexibility index (Phi) is 10.1. The molecule has 0 saturated carbocycles. The van der Waals surface area contributed by atoms with Crippen molar-refractivity contribution in [3.8, 4) is 33.9 Å². The van der Waals surface area contributed by atoms with Crippen molar-refractivity contribution in [3.63, 3.8) is 0 Å². The molecule has 1 heterocycles. The number of hydrogen-bond acceptors (Lipinski definition) is 5. The first-order valence-electron chi connectivity index (χ1n) is 15.4. The van der Waals surface area contributed by atoms with Gasteiger partial charge in [-0.05, 0) is 77.2 Å². The number of sulfonamides is 1. The van der Waals surface area contributed by atoms with Crippen LogP contribution in [0.25, 0.3) is 22.4 Å². The normalized spacial score (nSPS) is 12.0. The number of carbonyl (C=O) groups is 1. The fraction of sp³-hybridized carbons (Fsp3) is 0.105. The number of aromatic nitrogens is 2. The molecule has 0 saturated heterocycles. The Morgan fingerprint density at radius 3 is 2.24 bits per heavy atom. The summed E-state index contributed by atoms with van der Waals surface area (Å²) >= 11 is 12.5. The molecule has 1 aromatic heterocycles. The number of carboxylic acids is 1. The van der Waals surface area contributed by atoms with Gasteiger partial charge in [0.25, 0.3) is 0 Å². The van der Waals surface area contributed by atoms with E-state index >= 15 is 0 Å². The van der Waals surface area contributed by atoms with Crippen LogP contribution in [0, 0.1) is 0 Å². The number of nitrogens with one attached hydrogen (secondary N) is 2. The van der Waals surface area contributed by atoms with Crippen molar-refractivity contribution >= 4 is 44.9 Å². The first kappa shape index (κ1) is 33.8. The van der Waals surface area contributed by atoms with Crippen molar-refractivity contribution in [3.05, 3.63) is 154 Å². The molecule has 0 aliphatic rings. The number of rotatable bonds is 12. The summed E-state index contributed by atoms with van der Waals surface area (Å²) in [6, 6.07) is 33.8. The molecule has 0 aliphatic carbocycles. The summed E-state index contributed by atoms with van der Waals surface area (Å²) in [5, 5.41) is 10.6. The van der Waals surface area contributed by atoms with E-state index in [9.17, 15) is 18.3 Å². The zero-order valence-electron chi connectivity index (χ0n) is 26.2. The summed E-state index contributed by atoms with van der Waals surface area (Å²) < 4.78 is 34.5. The Labute approximate surface area is 294 Å². The Morgan fingerprint density at radius 2 is 1.59 bits per heavy atom. The van der Waals surface area contributed by atoms with Gasteiger partial charge in [0.1, 0.15) is 11.6 Å². The lowest BCUT2D eigenvalue weighted by Crippen LogP contribution is -2.16. The van der Waals surface area contributed by atoms with Crippen LogP contribution in [-0.2, 0) is 15.8 Å². The third-order valence-corrected chi connectivity index (χ3v) is 9.77. The van der Waals surface area contributed by atoms with Crippen LogP contribution in [0.5, 0.6) is 11.5 Å². The first-order chi connectivity index (χ1) is 23.6. The van der Waals surface area contributed by atoms with Gasteiger partial charge in [-0.1, -0.05) is 96.9 Å². The number of imidazole rings is 1. The molecule has 0 amide bonds. The number of anilines is 1. The second kappa shape index (κ2) is 14.6. The summed E-state index contributed by atoms with van der Waals surface area (Å²) in [6.45, 7) is 2.11. The second-order valence-electron chi connectivity index (χ2n) is 11.4. The van der Waals surface area contributed by atoms with Crippen LogP contribution in [-0.4, -0.2) is 29.5 Å². The van der Waals surface area contributed by atoms with E-state index in [4.69, 9.17) is 27.9 Å². The van der Waals surface area contributed by atoms with E-state index in [1.165, 1.54) is 18.2 Å². The minimum absolute atomic E-state index is 0.0286. The van der Waals surface area contributed by atoms with E-state index in [1.54, 1.807) is 60.8 Å². The van der Waals surface area contributed by atoms with E-state index in [0.717, 1.165) is 40.2 Å². The van der Waals surface area contributed by atoms with Gasteiger partial charge in [0.15, 0.2) is 5.75 Å². The van der Waals surface area contributed by atoms with Crippen LogP contribution in [0.3, 0.4) is 0 Å². The summed E-state index contributed by atoms with van der Waals surface area (Å²) in [6.07, 6.45) is 2.62. The van der Waals surface area contributed by atoms with Gasteiger partial charge in [-0.2, -0.15) is 0 Å². The average molecular weight is 713 g/mol. The fourth-order valence-electron chi connectivity index (χ4n) is 5.52. The van der Waals surface area contributed by atoms with Crippen LogP contribution >= 0.6 is 23.2 Å². The molecule has 0 fully saturated rings. The highest BCUT2D eigenvalue weighted by Crippen LogP contribution is 2.35. The first-order valence-corrected chi connectivity index (χ1v) is 17.8. The van der Waals surface area contributed by atoms with Crippen molar-refractivity contribution in [2.75, 3.05) is 4.72 Å². The Morgan fingerprint density at radius 1 is 0.898 bits per heavy atom. The van der Waals surface area contributed by atoms with Crippen LogP contribution in [0.4, 0.5) is 5.69 Å². The number of aromatic amines is 1. The average Bonchev–Trinajstić information content (AvgIpc) is 3.56. The molecule has 0 spiro atoms. The number of hydrogen-bond donors (Lipinski definition) is 3. The molecule has 0 aliphatic heterocycles. The van der Waals surface area contributed by atoms with E-state index < -0.39 is 16.0 Å². The molecule has 6 rings (SSSR count). The maximum atomic E-state index is 13.0. The topological polar surface area (TPSA) is 121 Å². The van der Waals surface area contributed by atoms with E-state index in [0.29, 0.717) is 21.4 Å². The summed E-state index contributed by atoms with van der Waals surface area (Å²) in [5.41, 5.74) is 5.27. The van der Waals surface area contributed by atoms with Crippen LogP contribution < -0.4 is 9.46 Å². The van der Waals surface area contributed by atoms with Crippen molar-refractivity contribution in [2.45, 2.75) is 25.0 Å². The van der Waals surface area contributed by atoms with E-state index in [2.05, 4.69) is 45.9 Å². The molecule has 6 aromatic rings. The monoisotopic (exact) mass is 711 g/mol. The number of carboxylic acid groups (broad SMARTS) is 1. The van der Waals surface area contributed by atoms with E-state index in [-0.39, 0.29) is 28.7 Å². The van der Waals surface area contributed by atoms with Gasteiger partial charge in [0.05, 0.1) is 33.9 Å². The molecule has 11 heteroatoms. The minimum atomic E-state index is -3.87. The zero-order chi connectivity index (χ0) is 34.5. The Hall–Kier alpha value is -5.09. The molecule has 3 N–H and O–H groups in total. The van der Waals surface area contributed by atoms with Gasteiger partial charge in [-0.25, -0.2) is 18.2 Å². The molecule has 1 atom stereocenters. The summed E-state index contributed by atoms with van der Waals surface area (Å²) in [7, 11) is -3.87. The van der Waals surface area contributed by atoms with Crippen LogP contribution in [0.1, 0.15) is 46.6 Å². The number of ether oxygens (including phenoxy) is 1. The van der Waals surface area contributed by atoms with Gasteiger partial charge in [-0.15, -0.1) is 0 Å². The number of benzene rings is 5. The molecular weight excluding hydrogens is 681 g/mol. The predicted molar refractivity (Wildman–Crippen MR) is 194 cm³/mol. The predicted octanol–water partition coefficient (Wildman–Crippen LogP) is 10.0. The molecular formula is C38H31Cl2N3O5S. The molecule has 1 unspecified atom stereocenters. The molecule has 8 nitrogen and oxygen atoms in total. The Balaban J connectivity index is 1.17. The largest absolute Gasteiger partial charge is 0.478 e. The molecule has 0 radical (unpaired) electrons. The van der Waals surface area contributed by atoms with Gasteiger partial charge >= 0.3 is 5.97 Å². The standard InChI is InChI=1S/C38H31Cl2N3O5S/c1-2-31(37-41-22-35(42-37)32-18-15-29(39)21-33(32)40)27-10-8-25(9-11-27)26-12-16-30(17-13-26)48-36-19-14-28(38(44)45)20-34(36)43-49(46,47)23-24-6-4-3-5-7-24/h3-22,31,43H,2,23H2,1H3,(H,41,42)(H,44,45). The lowest BCUT2D eigenvalue weighted by atomic mass is 9.93. The van der Waals surface area contributed by atoms with Gasteiger partial charge in [-0.3, -0.25) is 4.72 Å². The number of halogens is 2. The Bertz CT molecular complexity index is 2210. The lowest BCUT2D eigenvalue weighted by Gasteiger charge is -2.15. The summed E-state index contributed by atoms with van der Waals surface area (Å²) in [4.78, 5) is 19.7. The second-order valence-corrected chi connectivity index (χ2v) is 13.9. The quantitative estimate of drug-likeness (QED) is 0.116. The van der Waals surface area contributed by atoms with Gasteiger partial charge in [0, 0.05) is 16.5 Å². The van der Waals surface area contributed by atoms with Crippen molar-refractivity contribution in [1.29, 1.82) is 0 Å². The van der Waals surface area contributed by atoms with Crippen molar-refractivity contribution in [1.82, 2.24) is 9.97 Å². The van der Waals surface area contributed by atoms with Gasteiger partial charge < -0.3 is 14.8 Å². The third-order valence-electron chi connectivity index (χ3n) is 7.98.